The van der Waals surface area contributed by atoms with Crippen LogP contribution in [0.1, 0.15) is 66.7 Å². The Labute approximate surface area is 148 Å². The summed E-state index contributed by atoms with van der Waals surface area (Å²) in [5, 5.41) is 8.25. The van der Waals surface area contributed by atoms with Gasteiger partial charge in [0, 0.05) is 30.7 Å². The van der Waals surface area contributed by atoms with Crippen LogP contribution in [0.5, 0.6) is 0 Å². The van der Waals surface area contributed by atoms with Crippen LogP contribution in [0.15, 0.2) is 10.6 Å². The molecule has 1 atom stereocenters. The second-order valence-electron chi connectivity index (χ2n) is 7.28. The lowest BCUT2D eigenvalue weighted by atomic mass is 10.0. The number of aromatic nitrogens is 2. The summed E-state index contributed by atoms with van der Waals surface area (Å²) < 4.78 is 5.50. The van der Waals surface area contributed by atoms with Gasteiger partial charge in [-0.15, -0.1) is 0 Å². The van der Waals surface area contributed by atoms with Crippen molar-refractivity contribution < 1.29 is 9.32 Å². The molecule has 1 N–H and O–H groups in total. The lowest BCUT2D eigenvalue weighted by Crippen LogP contribution is -2.41. The van der Waals surface area contributed by atoms with Crippen LogP contribution in [0.25, 0.3) is 11.1 Å². The topological polar surface area (TPSA) is 71.3 Å². The van der Waals surface area contributed by atoms with Crippen LogP contribution in [-0.4, -0.2) is 47.1 Å². The van der Waals surface area contributed by atoms with Crippen LogP contribution >= 0.6 is 0 Å². The third-order valence-electron chi connectivity index (χ3n) is 5.33. The van der Waals surface area contributed by atoms with Gasteiger partial charge >= 0.3 is 0 Å². The molecule has 2 aliphatic rings. The number of pyridine rings is 1. The summed E-state index contributed by atoms with van der Waals surface area (Å²) in [7, 11) is 1.94. The zero-order valence-electron chi connectivity index (χ0n) is 15.0. The highest BCUT2D eigenvalue weighted by atomic mass is 16.5. The fraction of sp³-hybridized carbons (Fsp3) is 0.632. The van der Waals surface area contributed by atoms with Gasteiger partial charge in [0.15, 0.2) is 0 Å². The monoisotopic (exact) mass is 342 g/mol. The van der Waals surface area contributed by atoms with Gasteiger partial charge < -0.3 is 14.7 Å². The number of hydrogen-bond acceptors (Lipinski definition) is 5. The van der Waals surface area contributed by atoms with E-state index in [1.165, 1.54) is 0 Å². The van der Waals surface area contributed by atoms with Crippen molar-refractivity contribution >= 4 is 17.0 Å². The molecule has 4 rings (SSSR count). The molecule has 1 aliphatic heterocycles. The van der Waals surface area contributed by atoms with Crippen LogP contribution in [0.3, 0.4) is 0 Å². The summed E-state index contributed by atoms with van der Waals surface area (Å²) in [6.45, 7) is 3.76. The van der Waals surface area contributed by atoms with E-state index in [-0.39, 0.29) is 11.9 Å². The Morgan fingerprint density at radius 1 is 1.40 bits per heavy atom. The SMILES string of the molecule is CCCc1noc2nc(C3CC3)cc(C(=O)N3CCCC3CNC)c12. The van der Waals surface area contributed by atoms with Crippen molar-refractivity contribution in [2.24, 2.45) is 0 Å². The molecule has 2 aromatic rings. The highest BCUT2D eigenvalue weighted by Gasteiger charge is 2.33. The van der Waals surface area contributed by atoms with Gasteiger partial charge in [-0.1, -0.05) is 18.5 Å². The number of aryl methyl sites for hydroxylation is 1. The zero-order valence-corrected chi connectivity index (χ0v) is 15.0. The molecule has 0 aromatic carbocycles. The van der Waals surface area contributed by atoms with Gasteiger partial charge in [-0.2, -0.15) is 0 Å². The molecule has 1 saturated heterocycles. The van der Waals surface area contributed by atoms with E-state index < -0.39 is 0 Å². The smallest absolute Gasteiger partial charge is 0.259 e. The molecule has 1 amide bonds. The number of hydrogen-bond donors (Lipinski definition) is 1. The first-order valence-corrected chi connectivity index (χ1v) is 9.47. The molecule has 0 spiro atoms. The maximum atomic E-state index is 13.4. The first-order chi connectivity index (χ1) is 12.2. The maximum Gasteiger partial charge on any atom is 0.259 e. The summed E-state index contributed by atoms with van der Waals surface area (Å²) >= 11 is 0. The number of carbonyl (C=O) groups excluding carboxylic acids is 1. The van der Waals surface area contributed by atoms with E-state index in [9.17, 15) is 4.79 Å². The maximum absolute atomic E-state index is 13.4. The Hall–Kier alpha value is -1.95. The quantitative estimate of drug-likeness (QED) is 0.874. The van der Waals surface area contributed by atoms with Gasteiger partial charge in [0.05, 0.1) is 16.6 Å². The molecular weight excluding hydrogens is 316 g/mol. The highest BCUT2D eigenvalue weighted by molar-refractivity contribution is 6.06. The number of rotatable bonds is 6. The van der Waals surface area contributed by atoms with Crippen LogP contribution in [0.4, 0.5) is 0 Å². The van der Waals surface area contributed by atoms with Gasteiger partial charge in [0.25, 0.3) is 11.6 Å². The van der Waals surface area contributed by atoms with Crippen LogP contribution in [0.2, 0.25) is 0 Å². The number of carbonyl (C=O) groups is 1. The third-order valence-corrected chi connectivity index (χ3v) is 5.33. The Morgan fingerprint density at radius 3 is 2.96 bits per heavy atom. The van der Waals surface area contributed by atoms with E-state index in [0.717, 1.165) is 74.0 Å². The molecule has 0 radical (unpaired) electrons. The van der Waals surface area contributed by atoms with E-state index in [0.29, 0.717) is 11.6 Å². The van der Waals surface area contributed by atoms with Crippen molar-refractivity contribution in [3.8, 4) is 0 Å². The summed E-state index contributed by atoms with van der Waals surface area (Å²) in [6, 6.07) is 2.27. The van der Waals surface area contributed by atoms with Gasteiger partial charge in [-0.05, 0) is 45.2 Å². The lowest BCUT2D eigenvalue weighted by Gasteiger charge is -2.25. The van der Waals surface area contributed by atoms with E-state index in [1.54, 1.807) is 0 Å². The van der Waals surface area contributed by atoms with Gasteiger partial charge in [-0.3, -0.25) is 4.79 Å². The molecule has 6 nitrogen and oxygen atoms in total. The van der Waals surface area contributed by atoms with Gasteiger partial charge in [0.2, 0.25) is 0 Å². The highest BCUT2D eigenvalue weighted by Crippen LogP contribution is 2.41. The number of fused-ring (bicyclic) bond motifs is 1. The Balaban J connectivity index is 1.78. The number of likely N-dealkylation sites (N-methyl/N-ethyl adjacent to an activating group) is 1. The molecule has 6 heteroatoms. The summed E-state index contributed by atoms with van der Waals surface area (Å²) in [6.07, 6.45) is 6.18. The average Bonchev–Trinajstić information content (AvgIpc) is 3.24. The standard InChI is InChI=1S/C19H26N4O2/c1-3-5-15-17-14(19(24)23-9-4-6-13(23)11-20-2)10-16(12-7-8-12)21-18(17)25-22-15/h10,12-13,20H,3-9,11H2,1-2H3. The second-order valence-corrected chi connectivity index (χ2v) is 7.28. The summed E-state index contributed by atoms with van der Waals surface area (Å²) in [5.74, 6) is 0.579. The van der Waals surface area contributed by atoms with Gasteiger partial charge in [0.1, 0.15) is 0 Å². The Kier molecular flexibility index (Phi) is 4.46. The predicted octanol–water partition coefficient (Wildman–Crippen LogP) is 2.88. The molecule has 1 unspecified atom stereocenters. The van der Waals surface area contributed by atoms with E-state index in [1.807, 2.05) is 18.0 Å². The minimum Gasteiger partial charge on any atom is -0.336 e. The molecule has 134 valence electrons. The average molecular weight is 342 g/mol. The largest absolute Gasteiger partial charge is 0.336 e. The normalized spacial score (nSPS) is 20.6. The van der Waals surface area contributed by atoms with Crippen LogP contribution < -0.4 is 5.32 Å². The molecule has 25 heavy (non-hydrogen) atoms. The van der Waals surface area contributed by atoms with Crippen molar-refractivity contribution in [1.29, 1.82) is 0 Å². The number of nitrogens with one attached hydrogen (secondary N) is 1. The lowest BCUT2D eigenvalue weighted by molar-refractivity contribution is 0.0738. The van der Waals surface area contributed by atoms with Crippen molar-refractivity contribution in [2.75, 3.05) is 20.1 Å². The van der Waals surface area contributed by atoms with E-state index in [4.69, 9.17) is 4.52 Å². The zero-order chi connectivity index (χ0) is 17.4. The number of amides is 1. The number of likely N-dealkylation sites (tertiary alicyclic amines) is 1. The molecule has 2 aromatic heterocycles. The van der Waals surface area contributed by atoms with Crippen LogP contribution in [0, 0.1) is 0 Å². The molecule has 1 saturated carbocycles. The van der Waals surface area contributed by atoms with Crippen molar-refractivity contribution in [1.82, 2.24) is 20.4 Å². The minimum atomic E-state index is 0.104. The molecule has 2 fully saturated rings. The van der Waals surface area contributed by atoms with E-state index >= 15 is 0 Å². The molecule has 0 bridgehead atoms. The first-order valence-electron chi connectivity index (χ1n) is 9.47. The Morgan fingerprint density at radius 2 is 2.24 bits per heavy atom. The molecule has 3 heterocycles. The van der Waals surface area contributed by atoms with E-state index in [2.05, 4.69) is 22.4 Å². The van der Waals surface area contributed by atoms with Crippen molar-refractivity contribution in [3.05, 3.63) is 23.0 Å². The van der Waals surface area contributed by atoms with Crippen molar-refractivity contribution in [3.63, 3.8) is 0 Å². The predicted molar refractivity (Wildman–Crippen MR) is 95.8 cm³/mol. The molecule has 1 aliphatic carbocycles. The summed E-state index contributed by atoms with van der Waals surface area (Å²) in [4.78, 5) is 20.1. The van der Waals surface area contributed by atoms with Crippen LogP contribution in [-0.2, 0) is 6.42 Å². The van der Waals surface area contributed by atoms with Gasteiger partial charge in [-0.25, -0.2) is 4.98 Å². The number of nitrogens with zero attached hydrogens (tertiary/aromatic N) is 3. The third kappa shape index (κ3) is 3.03. The fourth-order valence-electron chi connectivity index (χ4n) is 3.90. The minimum absolute atomic E-state index is 0.104. The Bertz CT molecular complexity index is 781. The molecular formula is C19H26N4O2. The summed E-state index contributed by atoms with van der Waals surface area (Å²) in [5.41, 5.74) is 3.11. The second kappa shape index (κ2) is 6.75. The fourth-order valence-corrected chi connectivity index (χ4v) is 3.90. The van der Waals surface area contributed by atoms with Crippen molar-refractivity contribution in [2.45, 2.75) is 57.4 Å². The first kappa shape index (κ1) is 16.5.